The molecule has 1 aromatic rings. The Morgan fingerprint density at radius 2 is 2.09 bits per heavy atom. The van der Waals surface area contributed by atoms with Crippen molar-refractivity contribution in [3.8, 4) is 0 Å². The number of nitrogens with one attached hydrogen (secondary N) is 1. The van der Waals surface area contributed by atoms with Crippen LogP contribution in [-0.2, 0) is 9.47 Å². The first kappa shape index (κ1) is 16.6. The largest absolute Gasteiger partial charge is 0.381 e. The Balaban J connectivity index is 1.62. The lowest BCUT2D eigenvalue weighted by Crippen LogP contribution is -2.56. The lowest BCUT2D eigenvalue weighted by atomic mass is 10.0. The van der Waals surface area contributed by atoms with Crippen LogP contribution in [0.1, 0.15) is 44.5 Å². The van der Waals surface area contributed by atoms with E-state index in [4.69, 9.17) is 9.47 Å². The van der Waals surface area contributed by atoms with Crippen molar-refractivity contribution in [3.63, 3.8) is 0 Å². The van der Waals surface area contributed by atoms with Crippen molar-refractivity contribution in [2.45, 2.75) is 51.2 Å². The van der Waals surface area contributed by atoms with Crippen LogP contribution in [0.25, 0.3) is 0 Å². The molecule has 1 atom stereocenters. The predicted molar refractivity (Wildman–Crippen MR) is 87.9 cm³/mol. The molecule has 0 aliphatic carbocycles. The van der Waals surface area contributed by atoms with E-state index in [1.165, 1.54) is 11.3 Å². The maximum absolute atomic E-state index is 12.5. The number of amides is 2. The lowest BCUT2D eigenvalue weighted by Gasteiger charge is -2.42. The number of carbonyl (C=O) groups excluding carboxylic acids is 1. The number of aromatic nitrogens is 2. The van der Waals surface area contributed by atoms with Gasteiger partial charge in [-0.2, -0.15) is 0 Å². The third-order valence-electron chi connectivity index (χ3n) is 4.28. The monoisotopic (exact) mass is 340 g/mol. The zero-order valence-corrected chi connectivity index (χ0v) is 14.7. The van der Waals surface area contributed by atoms with Gasteiger partial charge in [-0.05, 0) is 33.6 Å². The molecule has 2 aliphatic rings. The summed E-state index contributed by atoms with van der Waals surface area (Å²) >= 11 is 1.47. The molecule has 3 rings (SSSR count). The number of hydrogen-bond donors (Lipinski definition) is 1. The van der Waals surface area contributed by atoms with Crippen molar-refractivity contribution in [1.82, 2.24) is 15.1 Å². The van der Waals surface area contributed by atoms with E-state index < -0.39 is 0 Å². The minimum atomic E-state index is -0.321. The molecule has 1 aromatic heterocycles. The van der Waals surface area contributed by atoms with Crippen LogP contribution in [0.15, 0.2) is 0 Å². The molecule has 2 fully saturated rings. The zero-order chi connectivity index (χ0) is 16.4. The smallest absolute Gasteiger partial charge is 0.324 e. The van der Waals surface area contributed by atoms with Gasteiger partial charge in [0.2, 0.25) is 5.13 Å². The first-order chi connectivity index (χ1) is 10.9. The second-order valence-electron chi connectivity index (χ2n) is 6.81. The number of carbonyl (C=O) groups is 1. The molecule has 8 heteroatoms. The third-order valence-corrected chi connectivity index (χ3v) is 5.29. The van der Waals surface area contributed by atoms with E-state index >= 15 is 0 Å². The van der Waals surface area contributed by atoms with Crippen LogP contribution < -0.4 is 5.32 Å². The van der Waals surface area contributed by atoms with Crippen LogP contribution in [0, 0.1) is 0 Å². The summed E-state index contributed by atoms with van der Waals surface area (Å²) in [5.41, 5.74) is -0.321. The molecular weight excluding hydrogens is 316 g/mol. The van der Waals surface area contributed by atoms with Gasteiger partial charge in [-0.3, -0.25) is 5.32 Å². The highest BCUT2D eigenvalue weighted by Crippen LogP contribution is 2.31. The Bertz CT molecular complexity index is 557. The molecule has 2 aliphatic heterocycles. The number of hydrogen-bond acceptors (Lipinski definition) is 6. The summed E-state index contributed by atoms with van der Waals surface area (Å²) in [5, 5.41) is 12.8. The number of rotatable bonds is 2. The van der Waals surface area contributed by atoms with Crippen LogP contribution in [0.3, 0.4) is 0 Å². The first-order valence-corrected chi connectivity index (χ1v) is 8.89. The first-order valence-electron chi connectivity index (χ1n) is 8.07. The van der Waals surface area contributed by atoms with Gasteiger partial charge in [0.05, 0.1) is 24.8 Å². The Morgan fingerprint density at radius 3 is 2.83 bits per heavy atom. The fourth-order valence-electron chi connectivity index (χ4n) is 2.88. The molecule has 0 bridgehead atoms. The summed E-state index contributed by atoms with van der Waals surface area (Å²) in [6.07, 6.45) is 1.94. The molecule has 3 heterocycles. The Kier molecular flexibility index (Phi) is 4.84. The highest BCUT2D eigenvalue weighted by atomic mass is 32.1. The molecule has 0 spiro atoms. The minimum Gasteiger partial charge on any atom is -0.381 e. The molecule has 7 nitrogen and oxygen atoms in total. The lowest BCUT2D eigenvalue weighted by molar-refractivity contribution is -0.0938. The van der Waals surface area contributed by atoms with Gasteiger partial charge in [-0.25, -0.2) is 4.79 Å². The number of urea groups is 1. The summed E-state index contributed by atoms with van der Waals surface area (Å²) in [4.78, 5) is 14.3. The van der Waals surface area contributed by atoms with E-state index in [1.54, 1.807) is 4.90 Å². The van der Waals surface area contributed by atoms with Gasteiger partial charge in [0.1, 0.15) is 5.01 Å². The van der Waals surface area contributed by atoms with Crippen LogP contribution in [0.2, 0.25) is 0 Å². The van der Waals surface area contributed by atoms with Crippen molar-refractivity contribution in [3.05, 3.63) is 5.01 Å². The SMILES string of the molecule is C[C@H]1COC(C)(C)CN1C(=O)Nc1nnc(C2CCOCC2)s1. The van der Waals surface area contributed by atoms with Crippen LogP contribution in [-0.4, -0.2) is 59.1 Å². The van der Waals surface area contributed by atoms with Gasteiger partial charge in [0.15, 0.2) is 0 Å². The maximum Gasteiger partial charge on any atom is 0.324 e. The third kappa shape index (κ3) is 3.99. The molecule has 1 N–H and O–H groups in total. The topological polar surface area (TPSA) is 76.6 Å². The van der Waals surface area contributed by atoms with E-state index in [1.807, 2.05) is 20.8 Å². The zero-order valence-electron chi connectivity index (χ0n) is 13.9. The molecule has 0 aromatic carbocycles. The fourth-order valence-corrected chi connectivity index (χ4v) is 3.78. The summed E-state index contributed by atoms with van der Waals surface area (Å²) in [6, 6.07) is -0.0885. The molecule has 128 valence electrons. The van der Waals surface area contributed by atoms with E-state index in [9.17, 15) is 4.79 Å². The Hall–Kier alpha value is -1.25. The van der Waals surface area contributed by atoms with Gasteiger partial charge in [0, 0.05) is 19.1 Å². The van der Waals surface area contributed by atoms with Gasteiger partial charge >= 0.3 is 6.03 Å². The standard InChI is InChI=1S/C15H24N4O3S/c1-10-8-22-15(2,3)9-19(10)14(20)16-13-18-17-12(23-13)11-4-6-21-7-5-11/h10-11H,4-9H2,1-3H3,(H,16,18,20)/t10-/m0/s1. The van der Waals surface area contributed by atoms with Gasteiger partial charge < -0.3 is 14.4 Å². The van der Waals surface area contributed by atoms with Gasteiger partial charge in [-0.15, -0.1) is 10.2 Å². The number of ether oxygens (including phenoxy) is 2. The van der Waals surface area contributed by atoms with E-state index in [0.29, 0.717) is 24.2 Å². The molecular formula is C15H24N4O3S. The average molecular weight is 340 g/mol. The van der Waals surface area contributed by atoms with Crippen molar-refractivity contribution < 1.29 is 14.3 Å². The number of morpholine rings is 1. The van der Waals surface area contributed by atoms with Gasteiger partial charge in [0.25, 0.3) is 0 Å². The average Bonchev–Trinajstić information content (AvgIpc) is 2.99. The Labute approximate surface area is 140 Å². The molecule has 23 heavy (non-hydrogen) atoms. The molecule has 2 saturated heterocycles. The minimum absolute atomic E-state index is 0.0471. The number of anilines is 1. The normalized spacial score (nSPS) is 25.3. The highest BCUT2D eigenvalue weighted by molar-refractivity contribution is 7.15. The van der Waals surface area contributed by atoms with E-state index in [0.717, 1.165) is 31.1 Å². The predicted octanol–water partition coefficient (Wildman–Crippen LogP) is 2.46. The van der Waals surface area contributed by atoms with E-state index in [2.05, 4.69) is 15.5 Å². The van der Waals surface area contributed by atoms with E-state index in [-0.39, 0.29) is 17.7 Å². The van der Waals surface area contributed by atoms with Crippen LogP contribution in [0.5, 0.6) is 0 Å². The van der Waals surface area contributed by atoms with Crippen molar-refractivity contribution in [2.75, 3.05) is 31.7 Å². The van der Waals surface area contributed by atoms with Crippen molar-refractivity contribution >= 4 is 22.5 Å². The molecule has 0 unspecified atom stereocenters. The second-order valence-corrected chi connectivity index (χ2v) is 7.82. The van der Waals surface area contributed by atoms with Gasteiger partial charge in [-0.1, -0.05) is 11.3 Å². The summed E-state index contributed by atoms with van der Waals surface area (Å²) < 4.78 is 11.1. The van der Waals surface area contributed by atoms with Crippen molar-refractivity contribution in [2.24, 2.45) is 0 Å². The highest BCUT2D eigenvalue weighted by Gasteiger charge is 2.34. The van der Waals surface area contributed by atoms with Crippen LogP contribution in [0.4, 0.5) is 9.93 Å². The van der Waals surface area contributed by atoms with Crippen LogP contribution >= 0.6 is 11.3 Å². The summed E-state index contributed by atoms with van der Waals surface area (Å²) in [7, 11) is 0. The van der Waals surface area contributed by atoms with Crippen molar-refractivity contribution in [1.29, 1.82) is 0 Å². The fraction of sp³-hybridized carbons (Fsp3) is 0.800. The molecule has 0 saturated carbocycles. The molecule has 2 amide bonds. The maximum atomic E-state index is 12.5. The summed E-state index contributed by atoms with van der Waals surface area (Å²) in [5.74, 6) is 0.396. The molecule has 0 radical (unpaired) electrons. The Morgan fingerprint density at radius 1 is 1.35 bits per heavy atom. The number of nitrogens with zero attached hydrogens (tertiary/aromatic N) is 3. The second kappa shape index (κ2) is 6.70. The summed E-state index contributed by atoms with van der Waals surface area (Å²) in [6.45, 7) is 8.62. The quantitative estimate of drug-likeness (QED) is 0.895.